The van der Waals surface area contributed by atoms with Gasteiger partial charge in [0.25, 0.3) is 0 Å². The number of hydrogen-bond donors (Lipinski definition) is 0. The summed E-state index contributed by atoms with van der Waals surface area (Å²) in [6.07, 6.45) is 10.3. The van der Waals surface area contributed by atoms with E-state index in [0.29, 0.717) is 12.0 Å². The van der Waals surface area contributed by atoms with E-state index in [-0.39, 0.29) is 0 Å². The number of anilines is 1. The zero-order valence-electron chi connectivity index (χ0n) is 18.9. The molecule has 2 aliphatic heterocycles. The smallest absolute Gasteiger partial charge is 0.0716 e. The molecule has 4 rings (SSSR count). The zero-order chi connectivity index (χ0) is 20.5. The predicted octanol–water partition coefficient (Wildman–Crippen LogP) is 6.55. The molecule has 0 amide bonds. The molecule has 2 heteroatoms. The molecule has 2 heterocycles. The van der Waals surface area contributed by atoms with Crippen molar-refractivity contribution in [3.63, 3.8) is 0 Å². The Balaban J connectivity index is 1.69. The minimum Gasteiger partial charge on any atom is -0.339 e. The molecule has 3 aliphatic rings. The van der Waals surface area contributed by atoms with Gasteiger partial charge in [-0.15, -0.1) is 0 Å². The summed E-state index contributed by atoms with van der Waals surface area (Å²) >= 11 is 0. The Morgan fingerprint density at radius 2 is 1.76 bits per heavy atom. The van der Waals surface area contributed by atoms with Crippen LogP contribution in [-0.4, -0.2) is 30.6 Å². The Morgan fingerprint density at radius 1 is 1.07 bits per heavy atom. The fourth-order valence-electron chi connectivity index (χ4n) is 5.66. The number of rotatable bonds is 5. The van der Waals surface area contributed by atoms with Crippen molar-refractivity contribution in [3.05, 3.63) is 64.4 Å². The first-order chi connectivity index (χ1) is 14.0. The van der Waals surface area contributed by atoms with Crippen LogP contribution < -0.4 is 4.90 Å². The Kier molecular flexibility index (Phi) is 6.01. The molecule has 0 N–H and O–H groups in total. The molecule has 2 nitrogen and oxygen atoms in total. The fourth-order valence-corrected chi connectivity index (χ4v) is 5.66. The van der Waals surface area contributed by atoms with E-state index in [9.17, 15) is 0 Å². The van der Waals surface area contributed by atoms with Crippen molar-refractivity contribution in [2.24, 2.45) is 5.92 Å². The lowest BCUT2D eigenvalue weighted by atomic mass is 9.80. The van der Waals surface area contributed by atoms with E-state index in [0.717, 1.165) is 6.54 Å². The van der Waals surface area contributed by atoms with E-state index in [1.807, 2.05) is 0 Å². The number of likely N-dealkylation sites (tertiary alicyclic amines) is 1. The third-order valence-corrected chi connectivity index (χ3v) is 7.34. The number of allylic oxidation sites excluding steroid dienone is 2. The highest BCUT2D eigenvalue weighted by Crippen LogP contribution is 2.42. The molecule has 0 aromatic heterocycles. The minimum atomic E-state index is 0.467. The van der Waals surface area contributed by atoms with E-state index in [2.05, 4.69) is 68.3 Å². The zero-order valence-corrected chi connectivity index (χ0v) is 18.9. The van der Waals surface area contributed by atoms with Gasteiger partial charge in [-0.25, -0.2) is 0 Å². The maximum absolute atomic E-state index is 4.23. The SMILES string of the molecule is C=C(C)C1CC=C(C(C2=C(C)CN2c2c(C)cccc2C)N2CCCCC2)CC1. The van der Waals surface area contributed by atoms with Crippen molar-refractivity contribution < 1.29 is 0 Å². The first kappa shape index (κ1) is 20.5. The first-order valence-corrected chi connectivity index (χ1v) is 11.6. The number of piperidine rings is 1. The van der Waals surface area contributed by atoms with E-state index in [1.165, 1.54) is 74.0 Å². The molecule has 1 aromatic carbocycles. The number of aryl methyl sites for hydroxylation is 2. The van der Waals surface area contributed by atoms with Crippen LogP contribution in [0.15, 0.2) is 53.3 Å². The quantitative estimate of drug-likeness (QED) is 0.526. The lowest BCUT2D eigenvalue weighted by Crippen LogP contribution is -2.51. The number of para-hydroxylation sites is 1. The third-order valence-electron chi connectivity index (χ3n) is 7.34. The highest BCUT2D eigenvalue weighted by molar-refractivity contribution is 5.69. The molecular weight excluding hydrogens is 352 g/mol. The van der Waals surface area contributed by atoms with Crippen LogP contribution in [0.1, 0.15) is 63.5 Å². The van der Waals surface area contributed by atoms with Gasteiger partial charge in [-0.1, -0.05) is 48.4 Å². The van der Waals surface area contributed by atoms with Crippen LogP contribution in [0, 0.1) is 19.8 Å². The second-order valence-corrected chi connectivity index (χ2v) is 9.59. The van der Waals surface area contributed by atoms with Crippen molar-refractivity contribution in [1.82, 2.24) is 4.90 Å². The molecule has 1 aromatic rings. The summed E-state index contributed by atoms with van der Waals surface area (Å²) in [6.45, 7) is 16.9. The molecule has 0 saturated carbocycles. The van der Waals surface area contributed by atoms with E-state index in [1.54, 1.807) is 16.8 Å². The average molecular weight is 391 g/mol. The summed E-state index contributed by atoms with van der Waals surface area (Å²) in [5.74, 6) is 0.673. The van der Waals surface area contributed by atoms with Gasteiger partial charge in [-0.3, -0.25) is 4.90 Å². The van der Waals surface area contributed by atoms with Gasteiger partial charge in [0, 0.05) is 17.9 Å². The molecular formula is C27H38N2. The predicted molar refractivity (Wildman–Crippen MR) is 125 cm³/mol. The summed E-state index contributed by atoms with van der Waals surface area (Å²) in [5, 5.41) is 0. The van der Waals surface area contributed by atoms with Crippen LogP contribution in [0.2, 0.25) is 0 Å². The van der Waals surface area contributed by atoms with Crippen LogP contribution >= 0.6 is 0 Å². The lowest BCUT2D eigenvalue weighted by Gasteiger charge is -2.49. The van der Waals surface area contributed by atoms with Gasteiger partial charge >= 0.3 is 0 Å². The van der Waals surface area contributed by atoms with Gasteiger partial charge in [0.05, 0.1) is 6.04 Å². The maximum atomic E-state index is 4.23. The summed E-state index contributed by atoms with van der Waals surface area (Å²) in [6, 6.07) is 7.18. The normalized spacial score (nSPS) is 24.2. The molecule has 2 atom stereocenters. The van der Waals surface area contributed by atoms with Crippen LogP contribution in [0.5, 0.6) is 0 Å². The number of hydrogen-bond acceptors (Lipinski definition) is 2. The van der Waals surface area contributed by atoms with Crippen LogP contribution in [0.4, 0.5) is 5.69 Å². The summed E-state index contributed by atoms with van der Waals surface area (Å²) in [4.78, 5) is 5.42. The van der Waals surface area contributed by atoms with Crippen molar-refractivity contribution >= 4 is 5.69 Å². The minimum absolute atomic E-state index is 0.467. The molecule has 29 heavy (non-hydrogen) atoms. The van der Waals surface area contributed by atoms with Crippen LogP contribution in [-0.2, 0) is 0 Å². The van der Waals surface area contributed by atoms with E-state index >= 15 is 0 Å². The Hall–Kier alpha value is -1.80. The molecule has 1 aliphatic carbocycles. The van der Waals surface area contributed by atoms with E-state index in [4.69, 9.17) is 0 Å². The van der Waals surface area contributed by atoms with Crippen molar-refractivity contribution in [1.29, 1.82) is 0 Å². The fraction of sp³-hybridized carbons (Fsp3) is 0.556. The first-order valence-electron chi connectivity index (χ1n) is 11.6. The van der Waals surface area contributed by atoms with Crippen molar-refractivity contribution in [3.8, 4) is 0 Å². The maximum Gasteiger partial charge on any atom is 0.0716 e. The van der Waals surface area contributed by atoms with Gasteiger partial charge in [-0.05, 0) is 95.5 Å². The highest BCUT2D eigenvalue weighted by Gasteiger charge is 2.38. The molecule has 0 bridgehead atoms. The van der Waals surface area contributed by atoms with E-state index < -0.39 is 0 Å². The third kappa shape index (κ3) is 3.97. The Bertz CT molecular complexity index is 818. The summed E-state index contributed by atoms with van der Waals surface area (Å²) < 4.78 is 0. The molecule has 1 saturated heterocycles. The Morgan fingerprint density at radius 3 is 2.31 bits per heavy atom. The van der Waals surface area contributed by atoms with Crippen molar-refractivity contribution in [2.75, 3.05) is 24.5 Å². The van der Waals surface area contributed by atoms with Gasteiger partial charge in [-0.2, -0.15) is 0 Å². The second-order valence-electron chi connectivity index (χ2n) is 9.59. The standard InChI is InChI=1S/C27H38N2/c1-19(2)23-12-14-24(15-13-23)27(28-16-7-6-8-17-28)26-22(5)18-29(26)25-20(3)10-9-11-21(25)4/h9-11,14,23,27H,1,6-8,12-13,15-18H2,2-5H3. The molecule has 1 fully saturated rings. The van der Waals surface area contributed by atoms with Gasteiger partial charge in [0.1, 0.15) is 0 Å². The number of benzene rings is 1. The monoisotopic (exact) mass is 390 g/mol. The summed E-state index contributed by atoms with van der Waals surface area (Å²) in [7, 11) is 0. The molecule has 156 valence electrons. The molecule has 0 radical (unpaired) electrons. The van der Waals surface area contributed by atoms with Gasteiger partial charge in [0.2, 0.25) is 0 Å². The van der Waals surface area contributed by atoms with Crippen LogP contribution in [0.25, 0.3) is 0 Å². The van der Waals surface area contributed by atoms with Crippen molar-refractivity contribution in [2.45, 2.75) is 72.3 Å². The topological polar surface area (TPSA) is 6.48 Å². The molecule has 2 unspecified atom stereocenters. The van der Waals surface area contributed by atoms with Gasteiger partial charge in [0.15, 0.2) is 0 Å². The lowest BCUT2D eigenvalue weighted by molar-refractivity contribution is 0.193. The number of nitrogens with zero attached hydrogens (tertiary/aromatic N) is 2. The summed E-state index contributed by atoms with van der Waals surface area (Å²) in [5.41, 5.74) is 10.4. The Labute approximate surface area is 178 Å². The molecule has 0 spiro atoms. The van der Waals surface area contributed by atoms with Gasteiger partial charge < -0.3 is 4.90 Å². The van der Waals surface area contributed by atoms with Crippen LogP contribution in [0.3, 0.4) is 0 Å². The highest BCUT2D eigenvalue weighted by atomic mass is 15.3. The largest absolute Gasteiger partial charge is 0.339 e. The average Bonchev–Trinajstić information content (AvgIpc) is 2.72. The second kappa shape index (κ2) is 8.52.